The van der Waals surface area contributed by atoms with Crippen molar-refractivity contribution in [2.24, 2.45) is 5.92 Å². The van der Waals surface area contributed by atoms with E-state index in [2.05, 4.69) is 17.5 Å². The average Bonchev–Trinajstić information content (AvgIpc) is 3.16. The predicted octanol–water partition coefficient (Wildman–Crippen LogP) is 4.44. The maximum Gasteiger partial charge on any atom is 0.269 e. The van der Waals surface area contributed by atoms with Gasteiger partial charge in [-0.2, -0.15) is 0 Å². The van der Waals surface area contributed by atoms with Crippen molar-refractivity contribution in [3.8, 4) is 11.5 Å². The molecule has 0 radical (unpaired) electrons. The summed E-state index contributed by atoms with van der Waals surface area (Å²) in [6, 6.07) is 10.9. The van der Waals surface area contributed by atoms with E-state index in [0.29, 0.717) is 0 Å². The molecule has 4 rings (SSSR count). The number of allylic oxidation sites excluding steroid dienone is 2. The van der Waals surface area contributed by atoms with Crippen molar-refractivity contribution in [1.29, 1.82) is 0 Å². The van der Waals surface area contributed by atoms with Gasteiger partial charge < -0.3 is 14.8 Å². The Kier molecular flexibility index (Phi) is 4.03. The van der Waals surface area contributed by atoms with Gasteiger partial charge in [-0.15, -0.1) is 0 Å². The smallest absolute Gasteiger partial charge is 0.269 e. The Morgan fingerprint density at radius 2 is 1.96 bits per heavy atom. The number of hydrogen-bond acceptors (Lipinski definition) is 5. The number of nitro groups is 1. The lowest BCUT2D eigenvalue weighted by Gasteiger charge is -2.37. The van der Waals surface area contributed by atoms with Crippen molar-refractivity contribution in [2.45, 2.75) is 18.4 Å². The largest absolute Gasteiger partial charge is 0.497 e. The van der Waals surface area contributed by atoms with Gasteiger partial charge in [-0.25, -0.2) is 0 Å². The van der Waals surface area contributed by atoms with Gasteiger partial charge >= 0.3 is 0 Å². The molecule has 6 heteroatoms. The molecule has 0 fully saturated rings. The molecule has 0 bridgehead atoms. The van der Waals surface area contributed by atoms with Crippen LogP contribution in [0, 0.1) is 16.0 Å². The van der Waals surface area contributed by atoms with Crippen molar-refractivity contribution in [1.82, 2.24) is 0 Å². The van der Waals surface area contributed by atoms with E-state index < -0.39 is 0 Å². The highest BCUT2D eigenvalue weighted by molar-refractivity contribution is 5.63. The minimum Gasteiger partial charge on any atom is -0.497 e. The number of hydrogen-bond donors (Lipinski definition) is 1. The summed E-state index contributed by atoms with van der Waals surface area (Å²) < 4.78 is 11.0. The first-order valence-electron chi connectivity index (χ1n) is 8.56. The lowest BCUT2D eigenvalue weighted by Crippen LogP contribution is -2.29. The normalized spacial score (nSPS) is 22.9. The first kappa shape index (κ1) is 16.4. The summed E-state index contributed by atoms with van der Waals surface area (Å²) in [5.41, 5.74) is 3.07. The first-order chi connectivity index (χ1) is 12.6. The second-order valence-corrected chi connectivity index (χ2v) is 6.61. The van der Waals surface area contributed by atoms with Crippen LogP contribution >= 0.6 is 0 Å². The van der Waals surface area contributed by atoms with Crippen LogP contribution in [0.5, 0.6) is 11.5 Å². The van der Waals surface area contributed by atoms with E-state index in [-0.39, 0.29) is 28.5 Å². The van der Waals surface area contributed by atoms with Crippen LogP contribution in [0.2, 0.25) is 0 Å². The van der Waals surface area contributed by atoms with E-state index in [0.717, 1.165) is 34.7 Å². The van der Waals surface area contributed by atoms with Crippen molar-refractivity contribution in [2.75, 3.05) is 19.5 Å². The lowest BCUT2D eigenvalue weighted by atomic mass is 9.76. The maximum atomic E-state index is 11.2. The zero-order valence-electron chi connectivity index (χ0n) is 14.6. The Bertz CT molecular complexity index is 893. The fraction of sp³-hybridized carbons (Fsp3) is 0.300. The van der Waals surface area contributed by atoms with E-state index in [4.69, 9.17) is 9.47 Å². The average molecular weight is 352 g/mol. The van der Waals surface area contributed by atoms with E-state index in [1.54, 1.807) is 32.4 Å². The molecule has 26 heavy (non-hydrogen) atoms. The highest BCUT2D eigenvalue weighted by Gasteiger charge is 2.39. The topological polar surface area (TPSA) is 73.6 Å². The third kappa shape index (κ3) is 2.58. The molecule has 0 spiro atoms. The number of ether oxygens (including phenoxy) is 2. The number of methoxy groups -OCH3 is 2. The molecule has 1 aliphatic heterocycles. The number of nitrogens with one attached hydrogen (secondary N) is 1. The summed E-state index contributed by atoms with van der Waals surface area (Å²) in [5.74, 6) is 2.00. The van der Waals surface area contributed by atoms with Crippen molar-refractivity contribution >= 4 is 11.4 Å². The molecule has 0 unspecified atom stereocenters. The standard InChI is InChI=1S/C20H20N2O4/c1-25-13-7-9-19(26-2)17(11-13)20-15-5-3-4-14(15)16-10-12(22(23)24)6-8-18(16)21-20/h3-4,6-11,14-15,20-21H,5H2,1-2H3/t14-,15+,20-/m1/s1. The van der Waals surface area contributed by atoms with E-state index >= 15 is 0 Å². The van der Waals surface area contributed by atoms with Gasteiger partial charge in [0.1, 0.15) is 11.5 Å². The molecule has 3 atom stereocenters. The van der Waals surface area contributed by atoms with Gasteiger partial charge in [0.05, 0.1) is 25.2 Å². The lowest BCUT2D eigenvalue weighted by molar-refractivity contribution is -0.384. The number of nitrogens with zero attached hydrogens (tertiary/aromatic N) is 1. The molecule has 0 amide bonds. The molecular formula is C20H20N2O4. The molecule has 2 aromatic rings. The maximum absolute atomic E-state index is 11.2. The van der Waals surface area contributed by atoms with Crippen LogP contribution < -0.4 is 14.8 Å². The third-order valence-corrected chi connectivity index (χ3v) is 5.33. The Labute approximate surface area is 151 Å². The van der Waals surface area contributed by atoms with Gasteiger partial charge in [0.25, 0.3) is 5.69 Å². The molecule has 1 heterocycles. The van der Waals surface area contributed by atoms with Crippen molar-refractivity contribution in [3.63, 3.8) is 0 Å². The SMILES string of the molecule is COc1ccc(OC)c([C@@H]2Nc3ccc([N+](=O)[O-])cc3[C@@H]3C=CC[C@@H]32)c1. The summed E-state index contributed by atoms with van der Waals surface area (Å²) in [6.07, 6.45) is 5.23. The monoisotopic (exact) mass is 352 g/mol. The summed E-state index contributed by atoms with van der Waals surface area (Å²) in [5, 5.41) is 14.7. The Morgan fingerprint density at radius 1 is 1.12 bits per heavy atom. The molecule has 0 aromatic heterocycles. The van der Waals surface area contributed by atoms with Crippen molar-refractivity contribution < 1.29 is 14.4 Å². The van der Waals surface area contributed by atoms with E-state index in [1.165, 1.54) is 0 Å². The predicted molar refractivity (Wildman–Crippen MR) is 99.0 cm³/mol. The second-order valence-electron chi connectivity index (χ2n) is 6.61. The fourth-order valence-corrected chi connectivity index (χ4v) is 4.09. The van der Waals surface area contributed by atoms with Crippen LogP contribution in [0.25, 0.3) is 0 Å². The molecule has 1 N–H and O–H groups in total. The summed E-state index contributed by atoms with van der Waals surface area (Å²) in [7, 11) is 3.31. The molecule has 2 aromatic carbocycles. The summed E-state index contributed by atoms with van der Waals surface area (Å²) >= 11 is 0. The van der Waals surface area contributed by atoms with Gasteiger partial charge in [-0.1, -0.05) is 12.2 Å². The number of rotatable bonds is 4. The minimum absolute atomic E-state index is 0.0361. The van der Waals surface area contributed by atoms with Crippen molar-refractivity contribution in [3.05, 3.63) is 69.8 Å². The summed E-state index contributed by atoms with van der Waals surface area (Å²) in [4.78, 5) is 10.8. The Hall–Kier alpha value is -3.02. The highest BCUT2D eigenvalue weighted by Crippen LogP contribution is 2.52. The molecule has 6 nitrogen and oxygen atoms in total. The first-order valence-corrected chi connectivity index (χ1v) is 8.56. The van der Waals surface area contributed by atoms with E-state index in [1.807, 2.05) is 18.2 Å². The summed E-state index contributed by atoms with van der Waals surface area (Å²) in [6.45, 7) is 0. The van der Waals surface area contributed by atoms with Crippen LogP contribution in [-0.4, -0.2) is 19.1 Å². The van der Waals surface area contributed by atoms with E-state index in [9.17, 15) is 10.1 Å². The second kappa shape index (κ2) is 6.37. The van der Waals surface area contributed by atoms with Gasteiger partial charge in [0.15, 0.2) is 0 Å². The highest BCUT2D eigenvalue weighted by atomic mass is 16.6. The molecular weight excluding hydrogens is 332 g/mol. The van der Waals surface area contributed by atoms with Crippen LogP contribution in [0.3, 0.4) is 0 Å². The van der Waals surface area contributed by atoms with Gasteiger partial charge in [0, 0.05) is 29.3 Å². The third-order valence-electron chi connectivity index (χ3n) is 5.33. The molecule has 0 saturated carbocycles. The van der Waals surface area contributed by atoms with Crippen LogP contribution in [0.4, 0.5) is 11.4 Å². The fourth-order valence-electron chi connectivity index (χ4n) is 4.09. The zero-order valence-corrected chi connectivity index (χ0v) is 14.6. The van der Waals surface area contributed by atoms with Gasteiger partial charge in [0.2, 0.25) is 0 Å². The quantitative estimate of drug-likeness (QED) is 0.500. The number of fused-ring (bicyclic) bond motifs is 3. The molecule has 1 aliphatic carbocycles. The zero-order chi connectivity index (χ0) is 18.3. The van der Waals surface area contributed by atoms with Crippen LogP contribution in [-0.2, 0) is 0 Å². The van der Waals surface area contributed by atoms with Crippen LogP contribution in [0.15, 0.2) is 48.6 Å². The van der Waals surface area contributed by atoms with Gasteiger partial charge in [-0.3, -0.25) is 10.1 Å². The molecule has 2 aliphatic rings. The molecule has 134 valence electrons. The van der Waals surface area contributed by atoms with Gasteiger partial charge in [-0.05, 0) is 42.2 Å². The molecule has 0 saturated heterocycles. The minimum atomic E-state index is -0.342. The number of benzene rings is 2. The number of nitro benzene ring substituents is 1. The number of non-ortho nitro benzene ring substituents is 1. The van der Waals surface area contributed by atoms with Crippen LogP contribution in [0.1, 0.15) is 29.5 Å². The Balaban J connectivity index is 1.80. The number of anilines is 1. The Morgan fingerprint density at radius 3 is 2.69 bits per heavy atom.